The molecule has 1 aromatic heterocycles. The van der Waals surface area contributed by atoms with Crippen LogP contribution in [0.1, 0.15) is 11.3 Å². The van der Waals surface area contributed by atoms with Crippen LogP contribution in [0.25, 0.3) is 5.69 Å². The molecule has 0 bridgehead atoms. The fourth-order valence-electron chi connectivity index (χ4n) is 1.65. The number of carboxylic acid groups (broad SMARTS) is 1. The molecule has 0 aliphatic rings. The molecule has 8 nitrogen and oxygen atoms in total. The highest BCUT2D eigenvalue weighted by Gasteiger charge is 2.12. The molecule has 2 aromatic rings. The van der Waals surface area contributed by atoms with E-state index in [0.29, 0.717) is 16.9 Å². The lowest BCUT2D eigenvalue weighted by Crippen LogP contribution is -2.00. The number of hydrogen-bond acceptors (Lipinski definition) is 5. The minimum Gasteiger partial charge on any atom is -0.481 e. The average molecular weight is 262 g/mol. The Morgan fingerprint density at radius 1 is 1.53 bits per heavy atom. The summed E-state index contributed by atoms with van der Waals surface area (Å²) in [6, 6.07) is 4.50. The summed E-state index contributed by atoms with van der Waals surface area (Å²) in [7, 11) is 0. The summed E-state index contributed by atoms with van der Waals surface area (Å²) in [6.45, 7) is 1.62. The van der Waals surface area contributed by atoms with Crippen molar-refractivity contribution in [1.82, 2.24) is 15.0 Å². The highest BCUT2D eigenvalue weighted by molar-refractivity contribution is 5.69. The van der Waals surface area contributed by atoms with Crippen LogP contribution >= 0.6 is 0 Å². The first-order chi connectivity index (χ1) is 8.97. The zero-order chi connectivity index (χ0) is 14.0. The number of hydrogen-bond donors (Lipinski definition) is 1. The normalized spacial score (nSPS) is 10.4. The molecule has 19 heavy (non-hydrogen) atoms. The third-order valence-electron chi connectivity index (χ3n) is 2.51. The lowest BCUT2D eigenvalue weighted by molar-refractivity contribution is -0.385. The maximum Gasteiger partial charge on any atom is 0.309 e. The van der Waals surface area contributed by atoms with E-state index in [9.17, 15) is 14.9 Å². The van der Waals surface area contributed by atoms with E-state index in [4.69, 9.17) is 5.11 Å². The van der Waals surface area contributed by atoms with Crippen molar-refractivity contribution in [2.24, 2.45) is 0 Å². The number of nitro groups is 1. The number of nitro benzene ring substituents is 1. The van der Waals surface area contributed by atoms with Gasteiger partial charge in [-0.3, -0.25) is 14.9 Å². The van der Waals surface area contributed by atoms with Gasteiger partial charge in [0.25, 0.3) is 5.69 Å². The first-order valence-electron chi connectivity index (χ1n) is 5.36. The Hall–Kier alpha value is -2.77. The molecule has 0 saturated heterocycles. The minimum atomic E-state index is -0.994. The van der Waals surface area contributed by atoms with Gasteiger partial charge < -0.3 is 5.11 Å². The Morgan fingerprint density at radius 3 is 2.84 bits per heavy atom. The molecule has 98 valence electrons. The third-order valence-corrected chi connectivity index (χ3v) is 2.51. The molecule has 0 spiro atoms. The molecule has 1 N–H and O–H groups in total. The standard InChI is InChI=1S/C11H10N4O4/c1-7-4-9(2-3-10(7)15(18)19)14-6-8(12-13-14)5-11(16)17/h2-4,6H,5H2,1H3,(H,16,17). The Kier molecular flexibility index (Phi) is 3.23. The van der Waals surface area contributed by atoms with Crippen molar-refractivity contribution in [1.29, 1.82) is 0 Å². The van der Waals surface area contributed by atoms with Gasteiger partial charge in [-0.15, -0.1) is 5.10 Å². The molecule has 2 rings (SSSR count). The van der Waals surface area contributed by atoms with E-state index in [2.05, 4.69) is 10.3 Å². The smallest absolute Gasteiger partial charge is 0.309 e. The first-order valence-corrected chi connectivity index (χ1v) is 5.36. The summed E-state index contributed by atoms with van der Waals surface area (Å²) in [5, 5.41) is 26.8. The van der Waals surface area contributed by atoms with E-state index in [-0.39, 0.29) is 12.1 Å². The van der Waals surface area contributed by atoms with Crippen LogP contribution in [-0.4, -0.2) is 31.0 Å². The molecular formula is C11H10N4O4. The summed E-state index contributed by atoms with van der Waals surface area (Å²) in [4.78, 5) is 20.8. The van der Waals surface area contributed by atoms with Crippen molar-refractivity contribution in [2.45, 2.75) is 13.3 Å². The zero-order valence-corrected chi connectivity index (χ0v) is 9.98. The Bertz CT molecular complexity index is 650. The van der Waals surface area contributed by atoms with Crippen molar-refractivity contribution in [3.63, 3.8) is 0 Å². The minimum absolute atomic E-state index is 0.0228. The van der Waals surface area contributed by atoms with Crippen molar-refractivity contribution < 1.29 is 14.8 Å². The number of carboxylic acids is 1. The molecule has 0 unspecified atom stereocenters. The van der Waals surface area contributed by atoms with E-state index in [1.165, 1.54) is 23.0 Å². The Labute approximate surface area is 107 Å². The van der Waals surface area contributed by atoms with Gasteiger partial charge in [0.05, 0.1) is 28.9 Å². The molecule has 1 aromatic carbocycles. The fourth-order valence-corrected chi connectivity index (χ4v) is 1.65. The number of aliphatic carboxylic acids is 1. The summed E-state index contributed by atoms with van der Waals surface area (Å²) < 4.78 is 1.38. The van der Waals surface area contributed by atoms with Crippen LogP contribution in [0.2, 0.25) is 0 Å². The molecule has 8 heteroatoms. The topological polar surface area (TPSA) is 111 Å². The summed E-state index contributed by atoms with van der Waals surface area (Å²) in [5.74, 6) is -0.994. The molecule has 0 saturated carbocycles. The van der Waals surface area contributed by atoms with Gasteiger partial charge in [0.1, 0.15) is 0 Å². The van der Waals surface area contributed by atoms with Crippen molar-refractivity contribution >= 4 is 11.7 Å². The predicted octanol–water partition coefficient (Wildman–Crippen LogP) is 1.11. The number of benzene rings is 1. The lowest BCUT2D eigenvalue weighted by atomic mass is 10.2. The zero-order valence-electron chi connectivity index (χ0n) is 9.98. The SMILES string of the molecule is Cc1cc(-n2cc(CC(=O)O)nn2)ccc1[N+](=O)[O-]. The van der Waals surface area contributed by atoms with Gasteiger partial charge in [0.15, 0.2) is 0 Å². The fraction of sp³-hybridized carbons (Fsp3) is 0.182. The molecule has 0 aliphatic heterocycles. The van der Waals surface area contributed by atoms with Gasteiger partial charge in [-0.05, 0) is 19.1 Å². The second-order valence-electron chi connectivity index (χ2n) is 3.95. The molecular weight excluding hydrogens is 252 g/mol. The number of aryl methyl sites for hydroxylation is 1. The van der Waals surface area contributed by atoms with Crippen LogP contribution in [0.4, 0.5) is 5.69 Å². The van der Waals surface area contributed by atoms with Crippen LogP contribution < -0.4 is 0 Å². The summed E-state index contributed by atoms with van der Waals surface area (Å²) in [6.07, 6.45) is 1.26. The van der Waals surface area contributed by atoms with Gasteiger partial charge in [-0.2, -0.15) is 0 Å². The van der Waals surface area contributed by atoms with Crippen LogP contribution in [0.15, 0.2) is 24.4 Å². The number of rotatable bonds is 4. The van der Waals surface area contributed by atoms with Crippen molar-refractivity contribution in [3.8, 4) is 5.69 Å². The number of carbonyl (C=O) groups is 1. The quantitative estimate of drug-likeness (QED) is 0.652. The van der Waals surface area contributed by atoms with E-state index >= 15 is 0 Å². The van der Waals surface area contributed by atoms with Gasteiger partial charge in [0.2, 0.25) is 0 Å². The predicted molar refractivity (Wildman–Crippen MR) is 64.1 cm³/mol. The summed E-state index contributed by atoms with van der Waals surface area (Å²) >= 11 is 0. The van der Waals surface area contributed by atoms with Crippen molar-refractivity contribution in [3.05, 3.63) is 45.8 Å². The number of aromatic nitrogens is 3. The maximum atomic E-state index is 10.7. The highest BCUT2D eigenvalue weighted by Crippen LogP contribution is 2.20. The highest BCUT2D eigenvalue weighted by atomic mass is 16.6. The second-order valence-corrected chi connectivity index (χ2v) is 3.95. The Balaban J connectivity index is 2.32. The third kappa shape index (κ3) is 2.73. The van der Waals surface area contributed by atoms with Gasteiger partial charge in [-0.1, -0.05) is 5.21 Å². The first kappa shape index (κ1) is 12.7. The summed E-state index contributed by atoms with van der Waals surface area (Å²) in [5.41, 5.74) is 1.43. The molecule has 0 fully saturated rings. The van der Waals surface area contributed by atoms with Gasteiger partial charge in [0, 0.05) is 11.6 Å². The molecule has 0 amide bonds. The number of nitrogens with zero attached hydrogens (tertiary/aromatic N) is 4. The second kappa shape index (κ2) is 4.84. The maximum absolute atomic E-state index is 10.7. The van der Waals surface area contributed by atoms with Gasteiger partial charge >= 0.3 is 5.97 Å². The van der Waals surface area contributed by atoms with Crippen LogP contribution in [0, 0.1) is 17.0 Å². The monoisotopic (exact) mass is 262 g/mol. The van der Waals surface area contributed by atoms with E-state index in [1.807, 2.05) is 0 Å². The van der Waals surface area contributed by atoms with Gasteiger partial charge in [-0.25, -0.2) is 4.68 Å². The van der Waals surface area contributed by atoms with Crippen molar-refractivity contribution in [2.75, 3.05) is 0 Å². The van der Waals surface area contributed by atoms with E-state index in [1.54, 1.807) is 13.0 Å². The molecule has 1 heterocycles. The van der Waals surface area contributed by atoms with E-state index in [0.717, 1.165) is 0 Å². The average Bonchev–Trinajstić information content (AvgIpc) is 2.75. The Morgan fingerprint density at radius 2 is 2.26 bits per heavy atom. The van der Waals surface area contributed by atoms with E-state index < -0.39 is 10.9 Å². The molecule has 0 aliphatic carbocycles. The molecule has 0 atom stereocenters. The van der Waals surface area contributed by atoms with Crippen LogP contribution in [-0.2, 0) is 11.2 Å². The van der Waals surface area contributed by atoms with Crippen LogP contribution in [0.3, 0.4) is 0 Å². The molecule has 0 radical (unpaired) electrons. The lowest BCUT2D eigenvalue weighted by Gasteiger charge is -2.02. The largest absolute Gasteiger partial charge is 0.481 e. The van der Waals surface area contributed by atoms with Crippen LogP contribution in [0.5, 0.6) is 0 Å².